The first-order valence-electron chi connectivity index (χ1n) is 5.11. The van der Waals surface area contributed by atoms with Gasteiger partial charge in [-0.1, -0.05) is 5.16 Å². The van der Waals surface area contributed by atoms with E-state index in [0.717, 1.165) is 11.1 Å². The average molecular weight is 312 g/mol. The van der Waals surface area contributed by atoms with E-state index in [1.165, 1.54) is 6.07 Å². The first kappa shape index (κ1) is 12.6. The van der Waals surface area contributed by atoms with E-state index in [0.29, 0.717) is 15.7 Å². The molecule has 94 valence electrons. The fourth-order valence-corrected chi connectivity index (χ4v) is 2.21. The van der Waals surface area contributed by atoms with Gasteiger partial charge in [-0.15, -0.1) is 0 Å². The van der Waals surface area contributed by atoms with Gasteiger partial charge in [-0.25, -0.2) is 4.79 Å². The molecule has 0 atom stereocenters. The zero-order valence-corrected chi connectivity index (χ0v) is 11.3. The highest BCUT2D eigenvalue weighted by Gasteiger charge is 2.19. The molecule has 18 heavy (non-hydrogen) atoms. The van der Waals surface area contributed by atoms with Crippen molar-refractivity contribution in [3.8, 4) is 17.0 Å². The summed E-state index contributed by atoms with van der Waals surface area (Å²) in [7, 11) is 0. The van der Waals surface area contributed by atoms with Gasteiger partial charge in [0.15, 0.2) is 0 Å². The van der Waals surface area contributed by atoms with Crippen molar-refractivity contribution < 1.29 is 19.5 Å². The topological polar surface area (TPSA) is 83.6 Å². The normalized spacial score (nSPS) is 10.6. The number of aromatic nitrogens is 1. The average Bonchev–Trinajstić information content (AvgIpc) is 2.76. The maximum Gasteiger partial charge on any atom is 0.374 e. The fourth-order valence-electron chi connectivity index (χ4n) is 1.67. The van der Waals surface area contributed by atoms with Crippen molar-refractivity contribution in [2.24, 2.45) is 0 Å². The minimum absolute atomic E-state index is 0.0170. The highest BCUT2D eigenvalue weighted by atomic mass is 79.9. The van der Waals surface area contributed by atoms with Crippen LogP contribution in [-0.2, 0) is 0 Å². The number of hydrogen-bond acceptors (Lipinski definition) is 4. The third-order valence-corrected chi connectivity index (χ3v) is 3.35. The van der Waals surface area contributed by atoms with Crippen LogP contribution < -0.4 is 0 Å². The molecule has 0 saturated carbocycles. The minimum atomic E-state index is -1.20. The molecule has 2 rings (SSSR count). The van der Waals surface area contributed by atoms with Crippen molar-refractivity contribution in [1.82, 2.24) is 5.16 Å². The smallest absolute Gasteiger partial charge is 0.374 e. The lowest BCUT2D eigenvalue weighted by Gasteiger charge is -2.10. The van der Waals surface area contributed by atoms with Crippen molar-refractivity contribution in [3.05, 3.63) is 33.5 Å². The molecule has 1 aromatic carbocycles. The number of aryl methyl sites for hydroxylation is 1. The van der Waals surface area contributed by atoms with E-state index in [1.54, 1.807) is 6.07 Å². The van der Waals surface area contributed by atoms with Crippen LogP contribution in [0.2, 0.25) is 0 Å². The zero-order chi connectivity index (χ0) is 13.4. The molecular formula is C12H10BrNO4. The third-order valence-electron chi connectivity index (χ3n) is 2.75. The van der Waals surface area contributed by atoms with Crippen molar-refractivity contribution >= 4 is 21.9 Å². The van der Waals surface area contributed by atoms with Gasteiger partial charge in [-0.2, -0.15) is 0 Å². The molecule has 0 bridgehead atoms. The second-order valence-corrected chi connectivity index (χ2v) is 4.76. The van der Waals surface area contributed by atoms with E-state index in [-0.39, 0.29) is 11.5 Å². The minimum Gasteiger partial charge on any atom is -0.506 e. The van der Waals surface area contributed by atoms with Crippen LogP contribution in [-0.4, -0.2) is 21.3 Å². The molecule has 0 amide bonds. The summed E-state index contributed by atoms with van der Waals surface area (Å²) in [5.41, 5.74) is 2.54. The summed E-state index contributed by atoms with van der Waals surface area (Å²) in [6.07, 6.45) is 0. The van der Waals surface area contributed by atoms with Gasteiger partial charge in [-0.05, 0) is 47.0 Å². The van der Waals surface area contributed by atoms with Crippen LogP contribution in [0, 0.1) is 13.8 Å². The highest BCUT2D eigenvalue weighted by Crippen LogP contribution is 2.39. The number of phenolic OH excluding ortho intramolecular Hbond substituents is 1. The number of nitrogens with zero attached hydrogens (tertiary/aromatic N) is 1. The number of aromatic hydroxyl groups is 1. The summed E-state index contributed by atoms with van der Waals surface area (Å²) < 4.78 is 5.22. The molecule has 0 spiro atoms. The Labute approximate surface area is 111 Å². The van der Waals surface area contributed by atoms with E-state index in [9.17, 15) is 9.90 Å². The maximum atomic E-state index is 10.7. The molecule has 2 aromatic rings. The number of halogens is 1. The molecule has 6 heteroatoms. The number of carboxylic acids is 1. The quantitative estimate of drug-likeness (QED) is 0.890. The maximum absolute atomic E-state index is 10.7. The second-order valence-electron chi connectivity index (χ2n) is 3.91. The largest absolute Gasteiger partial charge is 0.506 e. The van der Waals surface area contributed by atoms with Gasteiger partial charge in [-0.3, -0.25) is 0 Å². The summed E-state index contributed by atoms with van der Waals surface area (Å²) in [6.45, 7) is 3.72. The molecule has 5 nitrogen and oxygen atoms in total. The van der Waals surface area contributed by atoms with Gasteiger partial charge in [0, 0.05) is 11.6 Å². The van der Waals surface area contributed by atoms with Crippen LogP contribution in [0.25, 0.3) is 11.3 Å². The summed E-state index contributed by atoms with van der Waals surface area (Å²) in [5.74, 6) is -1.44. The number of aromatic carboxylic acids is 1. The van der Waals surface area contributed by atoms with Crippen LogP contribution >= 0.6 is 15.9 Å². The lowest BCUT2D eigenvalue weighted by atomic mass is 9.99. The fraction of sp³-hybridized carbons (Fsp3) is 0.167. The SMILES string of the molecule is Cc1cc(Br)c(O)c(-c2cc(C(=O)O)on2)c1C. The summed E-state index contributed by atoms with van der Waals surface area (Å²) in [4.78, 5) is 10.7. The first-order valence-corrected chi connectivity index (χ1v) is 5.90. The van der Waals surface area contributed by atoms with Gasteiger partial charge < -0.3 is 14.7 Å². The number of carboxylic acid groups (broad SMARTS) is 1. The Morgan fingerprint density at radius 1 is 1.39 bits per heavy atom. The molecule has 1 heterocycles. The van der Waals surface area contributed by atoms with Gasteiger partial charge in [0.2, 0.25) is 5.76 Å². The molecule has 0 aliphatic heterocycles. The molecule has 0 radical (unpaired) electrons. The van der Waals surface area contributed by atoms with Gasteiger partial charge in [0.25, 0.3) is 0 Å². The van der Waals surface area contributed by atoms with Crippen molar-refractivity contribution in [1.29, 1.82) is 0 Å². The predicted octanol–water partition coefficient (Wildman–Crippen LogP) is 3.12. The standard InChI is InChI=1S/C12H10BrNO4/c1-5-3-7(13)11(15)10(6(5)2)8-4-9(12(16)17)18-14-8/h3-4,15H,1-2H3,(H,16,17). The van der Waals surface area contributed by atoms with Crippen LogP contribution in [0.4, 0.5) is 0 Å². The second kappa shape index (κ2) is 4.45. The molecule has 2 N–H and O–H groups in total. The Bertz CT molecular complexity index is 607. The predicted molar refractivity (Wildman–Crippen MR) is 67.7 cm³/mol. The lowest BCUT2D eigenvalue weighted by Crippen LogP contribution is -1.92. The number of benzene rings is 1. The zero-order valence-electron chi connectivity index (χ0n) is 9.69. The van der Waals surface area contributed by atoms with Crippen molar-refractivity contribution in [2.75, 3.05) is 0 Å². The van der Waals surface area contributed by atoms with Crippen molar-refractivity contribution in [2.45, 2.75) is 13.8 Å². The molecule has 0 aliphatic rings. The van der Waals surface area contributed by atoms with Crippen LogP contribution in [0.3, 0.4) is 0 Å². The van der Waals surface area contributed by atoms with Crippen LogP contribution in [0.15, 0.2) is 21.1 Å². The molecular weight excluding hydrogens is 302 g/mol. The molecule has 0 aliphatic carbocycles. The molecule has 0 unspecified atom stereocenters. The van der Waals surface area contributed by atoms with Crippen LogP contribution in [0.5, 0.6) is 5.75 Å². The van der Waals surface area contributed by atoms with Gasteiger partial charge >= 0.3 is 5.97 Å². The molecule has 0 fully saturated rings. The number of carbonyl (C=O) groups is 1. The van der Waals surface area contributed by atoms with E-state index in [4.69, 9.17) is 9.63 Å². The molecule has 0 saturated heterocycles. The number of hydrogen-bond donors (Lipinski definition) is 2. The summed E-state index contributed by atoms with van der Waals surface area (Å²) in [6, 6.07) is 3.07. The van der Waals surface area contributed by atoms with Gasteiger partial charge in [0.1, 0.15) is 11.4 Å². The van der Waals surface area contributed by atoms with Gasteiger partial charge in [0.05, 0.1) is 4.47 Å². The van der Waals surface area contributed by atoms with E-state index in [1.807, 2.05) is 13.8 Å². The van der Waals surface area contributed by atoms with E-state index >= 15 is 0 Å². The van der Waals surface area contributed by atoms with E-state index in [2.05, 4.69) is 21.1 Å². The third kappa shape index (κ3) is 1.99. The Morgan fingerprint density at radius 2 is 2.06 bits per heavy atom. The number of phenols is 1. The summed E-state index contributed by atoms with van der Waals surface area (Å²) >= 11 is 3.24. The molecule has 1 aromatic heterocycles. The summed E-state index contributed by atoms with van der Waals surface area (Å²) in [5, 5.41) is 22.5. The van der Waals surface area contributed by atoms with E-state index < -0.39 is 5.97 Å². The number of rotatable bonds is 2. The Balaban J connectivity index is 2.66. The Hall–Kier alpha value is -1.82. The Kier molecular flexibility index (Phi) is 3.13. The first-order chi connectivity index (χ1) is 8.41. The van der Waals surface area contributed by atoms with Crippen molar-refractivity contribution in [3.63, 3.8) is 0 Å². The Morgan fingerprint density at radius 3 is 2.61 bits per heavy atom. The highest BCUT2D eigenvalue weighted by molar-refractivity contribution is 9.10. The lowest BCUT2D eigenvalue weighted by molar-refractivity contribution is 0.0652. The monoisotopic (exact) mass is 311 g/mol. The van der Waals surface area contributed by atoms with Crippen LogP contribution in [0.1, 0.15) is 21.7 Å².